The molecule has 1 aliphatic carbocycles. The van der Waals surface area contributed by atoms with Crippen molar-refractivity contribution in [3.63, 3.8) is 0 Å². The van der Waals surface area contributed by atoms with Gasteiger partial charge in [0.25, 0.3) is 0 Å². The van der Waals surface area contributed by atoms with Gasteiger partial charge in [0.1, 0.15) is 5.78 Å². The Kier molecular flexibility index (Phi) is 2.63. The van der Waals surface area contributed by atoms with Gasteiger partial charge in [-0.3, -0.25) is 4.79 Å². The van der Waals surface area contributed by atoms with E-state index < -0.39 is 0 Å². The lowest BCUT2D eigenvalue weighted by molar-refractivity contribution is -0.138. The molecule has 0 aliphatic heterocycles. The zero-order chi connectivity index (χ0) is 9.14. The average molecular weight is 168 g/mol. The van der Waals surface area contributed by atoms with Crippen LogP contribution in [0.2, 0.25) is 0 Å². The van der Waals surface area contributed by atoms with Gasteiger partial charge < -0.3 is 4.74 Å². The number of allylic oxidation sites excluding steroid dienone is 1. The second kappa shape index (κ2) is 3.52. The molecule has 0 radical (unpaired) electrons. The highest BCUT2D eigenvalue weighted by atomic mass is 16.5. The predicted octanol–water partition coefficient (Wildman–Crippen LogP) is 1.23. The van der Waals surface area contributed by atoms with Crippen molar-refractivity contribution in [3.8, 4) is 0 Å². The van der Waals surface area contributed by atoms with Crippen molar-refractivity contribution in [1.82, 2.24) is 0 Å². The molecule has 0 bridgehead atoms. The lowest BCUT2D eigenvalue weighted by Crippen LogP contribution is -2.18. The van der Waals surface area contributed by atoms with Gasteiger partial charge in [-0.1, -0.05) is 0 Å². The Morgan fingerprint density at radius 1 is 1.50 bits per heavy atom. The summed E-state index contributed by atoms with van der Waals surface area (Å²) >= 11 is 0. The Bertz CT molecular complexity index is 240. The maximum absolute atomic E-state index is 11.1. The highest BCUT2D eigenvalue weighted by Crippen LogP contribution is 2.25. The van der Waals surface area contributed by atoms with Crippen LogP contribution in [0.15, 0.2) is 11.1 Å². The van der Waals surface area contributed by atoms with Crippen LogP contribution in [-0.4, -0.2) is 18.4 Å². The summed E-state index contributed by atoms with van der Waals surface area (Å²) in [6.45, 7) is 3.86. The summed E-state index contributed by atoms with van der Waals surface area (Å²) in [5.74, 6) is -0.0892. The van der Waals surface area contributed by atoms with Crippen molar-refractivity contribution in [2.24, 2.45) is 0 Å². The molecule has 1 saturated carbocycles. The minimum atomic E-state index is -0.292. The minimum Gasteiger partial charge on any atom is -0.463 e. The first-order chi connectivity index (χ1) is 5.65. The largest absolute Gasteiger partial charge is 0.463 e. The number of hydrogen-bond acceptors (Lipinski definition) is 3. The maximum Gasteiger partial charge on any atom is 0.333 e. The zero-order valence-electron chi connectivity index (χ0n) is 7.35. The second-order valence-electron chi connectivity index (χ2n) is 2.84. The fourth-order valence-electron chi connectivity index (χ4n) is 1.07. The van der Waals surface area contributed by atoms with E-state index in [2.05, 4.69) is 0 Å². The Labute approximate surface area is 71.4 Å². The van der Waals surface area contributed by atoms with E-state index in [0.717, 1.165) is 5.57 Å². The summed E-state index contributed by atoms with van der Waals surface area (Å²) in [5, 5.41) is 0. The first-order valence-corrected chi connectivity index (χ1v) is 4.02. The molecule has 0 atom stereocenters. The van der Waals surface area contributed by atoms with Gasteiger partial charge in [-0.05, 0) is 19.4 Å². The molecular formula is C9H12O3. The maximum atomic E-state index is 11.1. The molecule has 0 aromatic rings. The van der Waals surface area contributed by atoms with Gasteiger partial charge in [-0.15, -0.1) is 0 Å². The number of ether oxygens (including phenoxy) is 1. The molecule has 12 heavy (non-hydrogen) atoms. The Morgan fingerprint density at radius 2 is 2.08 bits per heavy atom. The third-order valence-corrected chi connectivity index (χ3v) is 1.93. The van der Waals surface area contributed by atoms with Crippen LogP contribution >= 0.6 is 0 Å². The van der Waals surface area contributed by atoms with Crippen LogP contribution in [0.1, 0.15) is 26.7 Å². The molecule has 0 unspecified atom stereocenters. The van der Waals surface area contributed by atoms with Crippen molar-refractivity contribution in [1.29, 1.82) is 0 Å². The Balaban J connectivity index is 2.57. The van der Waals surface area contributed by atoms with Crippen LogP contribution in [0.5, 0.6) is 0 Å². The van der Waals surface area contributed by atoms with E-state index in [1.165, 1.54) is 0 Å². The molecule has 0 aromatic carbocycles. The molecule has 0 spiro atoms. The third-order valence-electron chi connectivity index (χ3n) is 1.93. The Hall–Kier alpha value is -1.12. The van der Waals surface area contributed by atoms with Crippen LogP contribution < -0.4 is 0 Å². The van der Waals surface area contributed by atoms with Gasteiger partial charge in [0.15, 0.2) is 0 Å². The number of carbonyl (C=O) groups is 2. The fourth-order valence-corrected chi connectivity index (χ4v) is 1.07. The molecule has 1 fully saturated rings. The van der Waals surface area contributed by atoms with E-state index in [1.807, 2.05) is 0 Å². The quantitative estimate of drug-likeness (QED) is 0.460. The fraction of sp³-hybridized carbons (Fsp3) is 0.556. The van der Waals surface area contributed by atoms with Crippen LogP contribution in [0.4, 0.5) is 0 Å². The first-order valence-electron chi connectivity index (χ1n) is 4.02. The number of ketones is 1. The van der Waals surface area contributed by atoms with E-state index in [0.29, 0.717) is 25.0 Å². The highest BCUT2D eigenvalue weighted by Gasteiger charge is 2.24. The van der Waals surface area contributed by atoms with E-state index in [1.54, 1.807) is 13.8 Å². The molecule has 3 nitrogen and oxygen atoms in total. The Morgan fingerprint density at radius 3 is 2.50 bits per heavy atom. The average Bonchev–Trinajstić information content (AvgIpc) is 1.98. The first kappa shape index (κ1) is 8.97. The molecular weight excluding hydrogens is 156 g/mol. The summed E-state index contributed by atoms with van der Waals surface area (Å²) < 4.78 is 4.79. The summed E-state index contributed by atoms with van der Waals surface area (Å²) in [4.78, 5) is 21.7. The van der Waals surface area contributed by atoms with Gasteiger partial charge in [0.2, 0.25) is 0 Å². The molecule has 1 rings (SSSR count). The number of Topliss-reactive ketones (excluding diaryl/α,β-unsaturated/α-hetero) is 1. The smallest absolute Gasteiger partial charge is 0.333 e. The molecule has 0 N–H and O–H groups in total. The van der Waals surface area contributed by atoms with Gasteiger partial charge in [-0.25, -0.2) is 4.79 Å². The summed E-state index contributed by atoms with van der Waals surface area (Å²) in [5.41, 5.74) is 1.54. The summed E-state index contributed by atoms with van der Waals surface area (Å²) in [6.07, 6.45) is 0.870. The molecule has 0 saturated heterocycles. The predicted molar refractivity (Wildman–Crippen MR) is 43.6 cm³/mol. The lowest BCUT2D eigenvalue weighted by Gasteiger charge is -2.17. The summed E-state index contributed by atoms with van der Waals surface area (Å²) in [6, 6.07) is 0. The normalized spacial score (nSPS) is 15.5. The number of hydrogen-bond donors (Lipinski definition) is 0. The molecule has 0 heterocycles. The van der Waals surface area contributed by atoms with Gasteiger partial charge in [0.05, 0.1) is 6.61 Å². The molecule has 0 amide bonds. The van der Waals surface area contributed by atoms with E-state index in [9.17, 15) is 9.59 Å². The highest BCUT2D eigenvalue weighted by molar-refractivity contribution is 5.97. The standard InChI is InChI=1S/C9H12O3/c1-3-12-9(11)6(2)7-4-8(10)5-7/h3-5H2,1-2H3. The monoisotopic (exact) mass is 168 g/mol. The topological polar surface area (TPSA) is 43.4 Å². The number of carbonyl (C=O) groups excluding carboxylic acids is 2. The van der Waals surface area contributed by atoms with Gasteiger partial charge in [-0.2, -0.15) is 0 Å². The van der Waals surface area contributed by atoms with E-state index in [-0.39, 0.29) is 11.8 Å². The SMILES string of the molecule is CCOC(=O)C(C)=C1CC(=O)C1. The summed E-state index contributed by atoms with van der Waals surface area (Å²) in [7, 11) is 0. The number of esters is 1. The van der Waals surface area contributed by atoms with Crippen molar-refractivity contribution in [3.05, 3.63) is 11.1 Å². The molecule has 3 heteroatoms. The molecule has 66 valence electrons. The molecule has 1 aliphatic rings. The second-order valence-corrected chi connectivity index (χ2v) is 2.84. The van der Waals surface area contributed by atoms with Crippen molar-refractivity contribution in [2.75, 3.05) is 6.61 Å². The van der Waals surface area contributed by atoms with Crippen molar-refractivity contribution >= 4 is 11.8 Å². The van der Waals surface area contributed by atoms with Gasteiger partial charge >= 0.3 is 5.97 Å². The zero-order valence-corrected chi connectivity index (χ0v) is 7.35. The van der Waals surface area contributed by atoms with Crippen molar-refractivity contribution < 1.29 is 14.3 Å². The van der Waals surface area contributed by atoms with Gasteiger partial charge in [0, 0.05) is 18.4 Å². The van der Waals surface area contributed by atoms with Crippen LogP contribution in [0.25, 0.3) is 0 Å². The minimum absolute atomic E-state index is 0.202. The van der Waals surface area contributed by atoms with Crippen molar-refractivity contribution in [2.45, 2.75) is 26.7 Å². The van der Waals surface area contributed by atoms with E-state index in [4.69, 9.17) is 4.74 Å². The van der Waals surface area contributed by atoms with Crippen LogP contribution in [0.3, 0.4) is 0 Å². The molecule has 0 aromatic heterocycles. The third kappa shape index (κ3) is 1.72. The van der Waals surface area contributed by atoms with Crippen LogP contribution in [0, 0.1) is 0 Å². The lowest BCUT2D eigenvalue weighted by atomic mass is 9.87. The van der Waals surface area contributed by atoms with E-state index >= 15 is 0 Å². The number of rotatable bonds is 2. The van der Waals surface area contributed by atoms with Crippen LogP contribution in [-0.2, 0) is 14.3 Å².